The van der Waals surface area contributed by atoms with Gasteiger partial charge >= 0.3 is 0 Å². The first-order chi connectivity index (χ1) is 12.5. The number of nitrogens with one attached hydrogen (secondary N) is 1. The molecule has 1 heterocycles. The number of ether oxygens (including phenoxy) is 1. The maximum atomic E-state index is 12.0. The van der Waals surface area contributed by atoms with E-state index in [1.165, 1.54) is 11.3 Å². The van der Waals surface area contributed by atoms with E-state index in [1.807, 2.05) is 26.0 Å². The molecule has 26 heavy (non-hydrogen) atoms. The Hall–Kier alpha value is -1.31. The summed E-state index contributed by atoms with van der Waals surface area (Å²) in [4.78, 5) is 12.0. The molecule has 1 N–H and O–H groups in total. The van der Waals surface area contributed by atoms with Crippen LogP contribution in [-0.4, -0.2) is 28.5 Å². The lowest BCUT2D eigenvalue weighted by molar-refractivity contribution is -0.116. The SMILES string of the molecule is CCCCSc1nnc(NC(=O)CCCOc2cc(C)c(Cl)c(C)c2)s1. The molecule has 0 aliphatic carbocycles. The zero-order valence-corrected chi connectivity index (χ0v) is 17.7. The number of anilines is 1. The summed E-state index contributed by atoms with van der Waals surface area (Å²) in [5.74, 6) is 1.74. The van der Waals surface area contributed by atoms with Gasteiger partial charge in [-0.05, 0) is 49.9 Å². The quantitative estimate of drug-likeness (QED) is 0.316. The van der Waals surface area contributed by atoms with Gasteiger partial charge in [0.05, 0.1) is 6.61 Å². The van der Waals surface area contributed by atoms with Crippen LogP contribution in [0.3, 0.4) is 0 Å². The average Bonchev–Trinajstić information content (AvgIpc) is 3.04. The van der Waals surface area contributed by atoms with E-state index in [0.717, 1.165) is 44.8 Å². The number of thioether (sulfide) groups is 1. The second-order valence-corrected chi connectivity index (χ2v) is 8.64. The molecule has 0 aliphatic heterocycles. The first kappa shape index (κ1) is 21.0. The summed E-state index contributed by atoms with van der Waals surface area (Å²) in [6.07, 6.45) is 3.32. The number of carbonyl (C=O) groups is 1. The molecule has 5 nitrogen and oxygen atoms in total. The van der Waals surface area contributed by atoms with Gasteiger partial charge < -0.3 is 10.1 Å². The van der Waals surface area contributed by atoms with E-state index in [9.17, 15) is 4.79 Å². The third-order valence-electron chi connectivity index (χ3n) is 3.60. The summed E-state index contributed by atoms with van der Waals surface area (Å²) in [5, 5.41) is 12.2. The van der Waals surface area contributed by atoms with Crippen molar-refractivity contribution in [2.75, 3.05) is 17.7 Å². The van der Waals surface area contributed by atoms with Gasteiger partial charge in [-0.25, -0.2) is 0 Å². The van der Waals surface area contributed by atoms with Crippen LogP contribution < -0.4 is 10.1 Å². The summed E-state index contributed by atoms with van der Waals surface area (Å²) in [6, 6.07) is 3.82. The van der Waals surface area contributed by atoms with Crippen molar-refractivity contribution in [3.63, 3.8) is 0 Å². The van der Waals surface area contributed by atoms with Crippen molar-refractivity contribution in [2.45, 2.75) is 50.8 Å². The molecule has 0 atom stereocenters. The van der Waals surface area contributed by atoms with Crippen molar-refractivity contribution in [3.05, 3.63) is 28.3 Å². The van der Waals surface area contributed by atoms with Crippen molar-refractivity contribution in [3.8, 4) is 5.75 Å². The second-order valence-electron chi connectivity index (χ2n) is 5.95. The average molecular weight is 414 g/mol. The Morgan fingerprint density at radius 2 is 2.00 bits per heavy atom. The molecule has 0 saturated heterocycles. The number of unbranched alkanes of at least 4 members (excludes halogenated alkanes) is 1. The topological polar surface area (TPSA) is 64.1 Å². The van der Waals surface area contributed by atoms with Gasteiger partial charge in [-0.2, -0.15) is 0 Å². The number of hydrogen-bond donors (Lipinski definition) is 1. The predicted molar refractivity (Wildman–Crippen MR) is 110 cm³/mol. The molecular formula is C18H24ClN3O2S2. The molecule has 0 spiro atoms. The van der Waals surface area contributed by atoms with Gasteiger partial charge in [-0.1, -0.05) is 48.0 Å². The molecule has 1 aromatic heterocycles. The van der Waals surface area contributed by atoms with Gasteiger partial charge in [-0.3, -0.25) is 4.79 Å². The van der Waals surface area contributed by atoms with Crippen LogP contribution in [0.2, 0.25) is 5.02 Å². The van der Waals surface area contributed by atoms with E-state index in [1.54, 1.807) is 11.8 Å². The Morgan fingerprint density at radius 1 is 1.27 bits per heavy atom. The van der Waals surface area contributed by atoms with Crippen molar-refractivity contribution in [1.82, 2.24) is 10.2 Å². The standard InChI is InChI=1S/C18H24ClN3O2S2/c1-4-5-9-25-18-22-21-17(26-18)20-15(23)7-6-8-24-14-10-12(2)16(19)13(3)11-14/h10-11H,4-9H2,1-3H3,(H,20,21,23). The lowest BCUT2D eigenvalue weighted by atomic mass is 10.1. The van der Waals surface area contributed by atoms with Gasteiger partial charge in [0.15, 0.2) is 4.34 Å². The first-order valence-electron chi connectivity index (χ1n) is 8.65. The molecule has 0 bridgehead atoms. The molecule has 1 aromatic carbocycles. The highest BCUT2D eigenvalue weighted by Crippen LogP contribution is 2.27. The first-order valence-corrected chi connectivity index (χ1v) is 10.8. The highest BCUT2D eigenvalue weighted by atomic mass is 35.5. The highest BCUT2D eigenvalue weighted by Gasteiger charge is 2.09. The largest absolute Gasteiger partial charge is 0.494 e. The summed E-state index contributed by atoms with van der Waals surface area (Å²) < 4.78 is 6.61. The van der Waals surface area contributed by atoms with Crippen LogP contribution in [0.4, 0.5) is 5.13 Å². The van der Waals surface area contributed by atoms with Gasteiger partial charge in [0.1, 0.15) is 5.75 Å². The molecular weight excluding hydrogens is 390 g/mol. The van der Waals surface area contributed by atoms with Crippen LogP contribution >= 0.6 is 34.7 Å². The number of amides is 1. The Kier molecular flexibility index (Phi) is 8.68. The van der Waals surface area contributed by atoms with Crippen molar-refractivity contribution >= 4 is 45.7 Å². The van der Waals surface area contributed by atoms with Crippen molar-refractivity contribution < 1.29 is 9.53 Å². The minimum atomic E-state index is -0.0710. The number of rotatable bonds is 10. The number of carbonyl (C=O) groups excluding carboxylic acids is 1. The highest BCUT2D eigenvalue weighted by molar-refractivity contribution is 8.01. The van der Waals surface area contributed by atoms with Crippen molar-refractivity contribution in [1.29, 1.82) is 0 Å². The number of halogens is 1. The van der Waals surface area contributed by atoms with Gasteiger partial charge in [0.2, 0.25) is 11.0 Å². The Balaban J connectivity index is 1.69. The van der Waals surface area contributed by atoms with E-state index in [-0.39, 0.29) is 5.91 Å². The van der Waals surface area contributed by atoms with Gasteiger partial charge in [0.25, 0.3) is 0 Å². The number of aromatic nitrogens is 2. The molecule has 1 amide bonds. The monoisotopic (exact) mass is 413 g/mol. The van der Waals surface area contributed by atoms with Gasteiger partial charge in [-0.15, -0.1) is 10.2 Å². The second kappa shape index (κ2) is 10.7. The Morgan fingerprint density at radius 3 is 2.69 bits per heavy atom. The molecule has 0 saturated carbocycles. The van der Waals surface area contributed by atoms with Crippen LogP contribution in [0.5, 0.6) is 5.75 Å². The van der Waals surface area contributed by atoms with E-state index in [0.29, 0.717) is 24.6 Å². The smallest absolute Gasteiger partial charge is 0.226 e. The number of benzene rings is 1. The zero-order valence-electron chi connectivity index (χ0n) is 15.3. The van der Waals surface area contributed by atoms with Crippen LogP contribution in [-0.2, 0) is 4.79 Å². The number of aryl methyl sites for hydroxylation is 2. The maximum Gasteiger partial charge on any atom is 0.226 e. The normalized spacial score (nSPS) is 10.8. The lowest BCUT2D eigenvalue weighted by Gasteiger charge is -2.09. The number of hydrogen-bond acceptors (Lipinski definition) is 6. The van der Waals surface area contributed by atoms with E-state index < -0.39 is 0 Å². The van der Waals surface area contributed by atoms with Crippen LogP contribution in [0.25, 0.3) is 0 Å². The zero-order chi connectivity index (χ0) is 18.9. The molecule has 0 fully saturated rings. The molecule has 2 aromatic rings. The van der Waals surface area contributed by atoms with Gasteiger partial charge in [0, 0.05) is 17.2 Å². The minimum absolute atomic E-state index is 0.0710. The fourth-order valence-electron chi connectivity index (χ4n) is 2.22. The third kappa shape index (κ3) is 6.78. The number of nitrogens with zero attached hydrogens (tertiary/aromatic N) is 2. The van der Waals surface area contributed by atoms with Crippen LogP contribution in [0, 0.1) is 13.8 Å². The summed E-state index contributed by atoms with van der Waals surface area (Å²) in [6.45, 7) is 6.53. The summed E-state index contributed by atoms with van der Waals surface area (Å²) >= 11 is 9.24. The van der Waals surface area contributed by atoms with Crippen molar-refractivity contribution in [2.24, 2.45) is 0 Å². The third-order valence-corrected chi connectivity index (χ3v) is 6.26. The lowest BCUT2D eigenvalue weighted by Crippen LogP contribution is -2.12. The molecule has 0 radical (unpaired) electrons. The van der Waals surface area contributed by atoms with Crippen LogP contribution in [0.1, 0.15) is 43.7 Å². The molecule has 0 unspecified atom stereocenters. The molecule has 2 rings (SSSR count). The molecule has 8 heteroatoms. The maximum absolute atomic E-state index is 12.0. The van der Waals surface area contributed by atoms with E-state index in [2.05, 4.69) is 22.4 Å². The van der Waals surface area contributed by atoms with E-state index >= 15 is 0 Å². The molecule has 0 aliphatic rings. The van der Waals surface area contributed by atoms with E-state index in [4.69, 9.17) is 16.3 Å². The minimum Gasteiger partial charge on any atom is -0.494 e. The summed E-state index contributed by atoms with van der Waals surface area (Å²) in [7, 11) is 0. The summed E-state index contributed by atoms with van der Waals surface area (Å²) in [5.41, 5.74) is 1.98. The molecule has 142 valence electrons. The Labute approximate surface area is 167 Å². The predicted octanol–water partition coefficient (Wildman–Crippen LogP) is 5.50. The fourth-order valence-corrected chi connectivity index (χ4v) is 4.25. The Bertz CT molecular complexity index is 714. The van der Waals surface area contributed by atoms with Crippen LogP contribution in [0.15, 0.2) is 16.5 Å². The fraction of sp³-hybridized carbons (Fsp3) is 0.500.